The van der Waals surface area contributed by atoms with Crippen molar-refractivity contribution in [1.29, 1.82) is 5.26 Å². The monoisotopic (exact) mass is 696 g/mol. The fourth-order valence-corrected chi connectivity index (χ4v) is 7.73. The maximum Gasteiger partial charge on any atom is 0.500 e. The zero-order chi connectivity index (χ0) is 34.5. The van der Waals surface area contributed by atoms with Crippen molar-refractivity contribution in [3.8, 4) is 6.26 Å². The quantitative estimate of drug-likeness (QED) is 0.0680. The van der Waals surface area contributed by atoms with Gasteiger partial charge in [0.05, 0.1) is 13.2 Å². The summed E-state index contributed by atoms with van der Waals surface area (Å²) in [5.74, 6) is 0. The molecule has 0 saturated carbocycles. The normalized spacial score (nSPS) is 11.4. The Morgan fingerprint density at radius 2 is 1.09 bits per heavy atom. The molecule has 0 atom stereocenters. The third-order valence-electron chi connectivity index (χ3n) is 7.14. The Kier molecular flexibility index (Phi) is 26.1. The van der Waals surface area contributed by atoms with E-state index in [1.807, 2.05) is 0 Å². The summed E-state index contributed by atoms with van der Waals surface area (Å²) in [6.45, 7) is 1.73. The highest BCUT2D eigenvalue weighted by atomic mass is 28.4. The molecule has 0 fully saturated rings. The lowest BCUT2D eigenvalue weighted by atomic mass is 10.2. The summed E-state index contributed by atoms with van der Waals surface area (Å²) < 4.78 is 47.4. The Hall–Kier alpha value is -2.51. The van der Waals surface area contributed by atoms with Crippen molar-refractivity contribution in [2.45, 2.75) is 76.3 Å². The molecule has 0 saturated heterocycles. The van der Waals surface area contributed by atoms with Crippen LogP contribution in [0.3, 0.4) is 0 Å². The number of alkyl carbamates (subject to hydrolysis) is 1. The molecular weight excluding hydrogens is 640 g/mol. The van der Waals surface area contributed by atoms with Crippen molar-refractivity contribution in [3.05, 3.63) is 0 Å². The van der Waals surface area contributed by atoms with Crippen LogP contribution in [0.4, 0.5) is 14.4 Å². The van der Waals surface area contributed by atoms with Crippen LogP contribution in [0.5, 0.6) is 0 Å². The Morgan fingerprint density at radius 1 is 0.609 bits per heavy atom. The molecule has 0 unspecified atom stereocenters. The van der Waals surface area contributed by atoms with E-state index in [-0.39, 0.29) is 19.8 Å². The van der Waals surface area contributed by atoms with Gasteiger partial charge in [0.15, 0.2) is 0 Å². The second-order valence-electron chi connectivity index (χ2n) is 10.1. The summed E-state index contributed by atoms with van der Waals surface area (Å²) in [5.41, 5.74) is 0. The summed E-state index contributed by atoms with van der Waals surface area (Å²) in [6.07, 6.45) is 7.45. The summed E-state index contributed by atoms with van der Waals surface area (Å²) >= 11 is 0. The fraction of sp³-hybridized carbons (Fsp3) is 0.857. The first-order valence-corrected chi connectivity index (χ1v) is 19.5. The molecule has 0 aromatic heterocycles. The first-order valence-electron chi connectivity index (χ1n) is 15.7. The average molecular weight is 697 g/mol. The zero-order valence-corrected chi connectivity index (χ0v) is 30.5. The lowest BCUT2D eigenvalue weighted by Gasteiger charge is -2.24. The SMILES string of the molecule is CO[Si](CCCOC(=O)NCCCCCCNC(=O)N(CCCCCCOC#N)C(=O)OCCC[Si](OC)(OC)OC)(OC)OC. The van der Waals surface area contributed by atoms with Gasteiger partial charge in [-0.3, -0.25) is 0 Å². The lowest BCUT2D eigenvalue weighted by Crippen LogP contribution is -2.45. The highest BCUT2D eigenvalue weighted by molar-refractivity contribution is 6.60. The minimum Gasteiger partial charge on any atom is -0.450 e. The van der Waals surface area contributed by atoms with Crippen LogP contribution in [-0.4, -0.2) is 123 Å². The van der Waals surface area contributed by atoms with Crippen LogP contribution in [0.25, 0.3) is 0 Å². The fourth-order valence-electron chi connectivity index (χ4n) is 4.35. The molecule has 4 amide bonds. The molecule has 0 bridgehead atoms. The van der Waals surface area contributed by atoms with E-state index in [1.54, 1.807) is 6.26 Å². The van der Waals surface area contributed by atoms with E-state index in [4.69, 9.17) is 41.3 Å². The third-order valence-corrected chi connectivity index (χ3v) is 12.8. The summed E-state index contributed by atoms with van der Waals surface area (Å²) in [5, 5.41) is 14.0. The Balaban J connectivity index is 4.41. The number of hydrogen-bond acceptors (Lipinski definition) is 13. The van der Waals surface area contributed by atoms with Crippen molar-refractivity contribution < 1.29 is 55.2 Å². The van der Waals surface area contributed by atoms with Gasteiger partial charge in [-0.15, -0.1) is 0 Å². The van der Waals surface area contributed by atoms with Gasteiger partial charge in [0, 0.05) is 74.4 Å². The number of carbonyl (C=O) groups excluding carboxylic acids is 3. The van der Waals surface area contributed by atoms with Crippen molar-refractivity contribution in [3.63, 3.8) is 0 Å². The van der Waals surface area contributed by atoms with E-state index in [9.17, 15) is 14.4 Å². The lowest BCUT2D eigenvalue weighted by molar-refractivity contribution is 0.100. The van der Waals surface area contributed by atoms with Gasteiger partial charge in [-0.05, 0) is 44.9 Å². The van der Waals surface area contributed by atoms with Crippen LogP contribution < -0.4 is 10.6 Å². The number of imide groups is 1. The molecule has 268 valence electrons. The largest absolute Gasteiger partial charge is 0.500 e. The van der Waals surface area contributed by atoms with Crippen LogP contribution in [0, 0.1) is 11.5 Å². The third kappa shape index (κ3) is 19.2. The number of urea groups is 1. The number of nitriles is 1. The van der Waals surface area contributed by atoms with Crippen LogP contribution in [0.15, 0.2) is 0 Å². The van der Waals surface area contributed by atoms with E-state index in [1.165, 1.54) is 42.7 Å². The number of amides is 4. The summed E-state index contributed by atoms with van der Waals surface area (Å²) in [6, 6.07) is 0.482. The van der Waals surface area contributed by atoms with E-state index in [2.05, 4.69) is 15.4 Å². The number of unbranched alkanes of at least 4 members (excludes halogenated alkanes) is 6. The molecule has 0 rings (SSSR count). The van der Waals surface area contributed by atoms with E-state index in [0.717, 1.165) is 37.0 Å². The first kappa shape index (κ1) is 43.5. The smallest absolute Gasteiger partial charge is 0.450 e. The van der Waals surface area contributed by atoms with Crippen LogP contribution in [-0.2, 0) is 40.8 Å². The molecule has 0 spiro atoms. The van der Waals surface area contributed by atoms with Crippen LogP contribution in [0.2, 0.25) is 12.1 Å². The second-order valence-corrected chi connectivity index (χ2v) is 16.3. The topological polar surface area (TPSA) is 185 Å². The molecule has 0 aliphatic rings. The Labute approximate surface area is 276 Å². The number of nitrogens with one attached hydrogen (secondary N) is 2. The highest BCUT2D eigenvalue weighted by Gasteiger charge is 2.38. The molecule has 0 aliphatic heterocycles. The van der Waals surface area contributed by atoms with Gasteiger partial charge in [0.2, 0.25) is 0 Å². The molecule has 0 aliphatic carbocycles. The van der Waals surface area contributed by atoms with Gasteiger partial charge < -0.3 is 51.4 Å². The van der Waals surface area contributed by atoms with Crippen molar-refractivity contribution >= 4 is 35.8 Å². The molecule has 0 radical (unpaired) electrons. The zero-order valence-electron chi connectivity index (χ0n) is 28.5. The predicted molar refractivity (Wildman–Crippen MR) is 172 cm³/mol. The molecule has 16 nitrogen and oxygen atoms in total. The molecule has 2 N–H and O–H groups in total. The van der Waals surface area contributed by atoms with E-state index >= 15 is 0 Å². The van der Waals surface area contributed by atoms with Crippen LogP contribution >= 0.6 is 0 Å². The summed E-state index contributed by atoms with van der Waals surface area (Å²) in [4.78, 5) is 38.6. The minimum absolute atomic E-state index is 0.0816. The number of hydrogen-bond donors (Lipinski definition) is 2. The van der Waals surface area contributed by atoms with Crippen molar-refractivity contribution in [2.24, 2.45) is 0 Å². The van der Waals surface area contributed by atoms with Gasteiger partial charge >= 0.3 is 35.8 Å². The molecule has 18 heteroatoms. The number of rotatable bonds is 28. The molecule has 0 aromatic rings. The second kappa shape index (κ2) is 27.6. The highest BCUT2D eigenvalue weighted by Crippen LogP contribution is 2.16. The number of carbonyl (C=O) groups is 3. The molecule has 0 aromatic carbocycles. The van der Waals surface area contributed by atoms with Crippen molar-refractivity contribution in [2.75, 3.05) is 82.1 Å². The molecule has 0 heterocycles. The molecule has 46 heavy (non-hydrogen) atoms. The maximum absolute atomic E-state index is 12.9. The number of nitrogens with zero attached hydrogens (tertiary/aromatic N) is 2. The predicted octanol–water partition coefficient (Wildman–Crippen LogP) is 4.02. The van der Waals surface area contributed by atoms with Gasteiger partial charge in [-0.2, -0.15) is 5.26 Å². The van der Waals surface area contributed by atoms with Gasteiger partial charge in [0.25, 0.3) is 6.26 Å². The van der Waals surface area contributed by atoms with E-state index < -0.39 is 35.8 Å². The average Bonchev–Trinajstić information content (AvgIpc) is 3.07. The Morgan fingerprint density at radius 3 is 1.61 bits per heavy atom. The first-order chi connectivity index (χ1) is 22.2. The van der Waals surface area contributed by atoms with Gasteiger partial charge in [-0.25, -0.2) is 19.3 Å². The molecular formula is C28H56N4O12Si2. The Bertz CT molecular complexity index is 844. The summed E-state index contributed by atoms with van der Waals surface area (Å²) in [7, 11) is 3.70. The standard InChI is InChI=1S/C28H56N4O12Si2/c1-36-45(37-2,38-3)23-15-21-43-27(34)31-18-12-8-7-11-17-30-26(33)32(19-13-9-10-14-20-42-25-29)28(35)44-22-16-24-46(39-4,40-5)41-6/h7-24H2,1-6H3,(H,30,33)(H,31,34). The number of ether oxygens (including phenoxy) is 3. The van der Waals surface area contributed by atoms with Gasteiger partial charge in [-0.1, -0.05) is 19.3 Å². The minimum atomic E-state index is -2.79. The van der Waals surface area contributed by atoms with E-state index in [0.29, 0.717) is 63.9 Å². The van der Waals surface area contributed by atoms with Crippen LogP contribution in [0.1, 0.15) is 64.2 Å². The maximum atomic E-state index is 12.9. The van der Waals surface area contributed by atoms with Crippen molar-refractivity contribution in [1.82, 2.24) is 15.5 Å². The van der Waals surface area contributed by atoms with Gasteiger partial charge in [0.1, 0.15) is 6.61 Å².